The minimum absolute atomic E-state index is 0.00532. The lowest BCUT2D eigenvalue weighted by Crippen LogP contribution is -2.20. The summed E-state index contributed by atoms with van der Waals surface area (Å²) in [6, 6.07) is 6.78. The Morgan fingerprint density at radius 1 is 1.14 bits per heavy atom. The SMILES string of the molecule is CNCCc1cc(OCCn2cc(C3(C(=O)O)CC3)nn2)c(Oc2ccc(C(=O)O)c(F)c2)cc1CC(=O)Nc1nccs1. The average molecular weight is 625 g/mol. The third-order valence-corrected chi connectivity index (χ3v) is 7.79. The predicted octanol–water partition coefficient (Wildman–Crippen LogP) is 3.50. The Hall–Kier alpha value is -4.89. The summed E-state index contributed by atoms with van der Waals surface area (Å²) in [6.45, 7) is 0.949. The van der Waals surface area contributed by atoms with Crippen LogP contribution in [0.3, 0.4) is 0 Å². The van der Waals surface area contributed by atoms with E-state index in [2.05, 4.69) is 25.9 Å². The number of amides is 1. The van der Waals surface area contributed by atoms with Crippen molar-refractivity contribution in [2.45, 2.75) is 37.6 Å². The maximum atomic E-state index is 14.5. The van der Waals surface area contributed by atoms with Gasteiger partial charge in [-0.1, -0.05) is 5.21 Å². The summed E-state index contributed by atoms with van der Waals surface area (Å²) in [5, 5.41) is 34.9. The number of carbonyl (C=O) groups excluding carboxylic acids is 1. The fraction of sp³-hybridized carbons (Fsp3) is 0.310. The van der Waals surface area contributed by atoms with Crippen LogP contribution in [0.2, 0.25) is 0 Å². The minimum Gasteiger partial charge on any atom is -0.488 e. The van der Waals surface area contributed by atoms with Crippen LogP contribution < -0.4 is 20.1 Å². The average Bonchev–Trinajstić information content (AvgIpc) is 3.38. The van der Waals surface area contributed by atoms with E-state index in [1.54, 1.807) is 29.9 Å². The molecule has 15 heteroatoms. The molecule has 13 nitrogen and oxygen atoms in total. The molecular weight excluding hydrogens is 595 g/mol. The van der Waals surface area contributed by atoms with Gasteiger partial charge in [0.1, 0.15) is 23.6 Å². The van der Waals surface area contributed by atoms with E-state index >= 15 is 0 Å². The van der Waals surface area contributed by atoms with E-state index in [9.17, 15) is 29.0 Å². The van der Waals surface area contributed by atoms with Crippen LogP contribution in [0.25, 0.3) is 0 Å². The highest BCUT2D eigenvalue weighted by atomic mass is 32.1. The largest absolute Gasteiger partial charge is 0.488 e. The Morgan fingerprint density at radius 3 is 2.59 bits per heavy atom. The van der Waals surface area contributed by atoms with Gasteiger partial charge in [0, 0.05) is 23.8 Å². The van der Waals surface area contributed by atoms with Crippen LogP contribution in [0.1, 0.15) is 40.0 Å². The second-order valence-electron chi connectivity index (χ2n) is 10.1. The molecule has 0 atom stereocenters. The van der Waals surface area contributed by atoms with E-state index in [4.69, 9.17) is 9.47 Å². The molecule has 4 N–H and O–H groups in total. The topological polar surface area (TPSA) is 178 Å². The third-order valence-electron chi connectivity index (χ3n) is 7.11. The lowest BCUT2D eigenvalue weighted by atomic mass is 10.00. The van der Waals surface area contributed by atoms with Crippen molar-refractivity contribution in [3.8, 4) is 17.2 Å². The molecule has 1 saturated carbocycles. The summed E-state index contributed by atoms with van der Waals surface area (Å²) < 4.78 is 28.0. The van der Waals surface area contributed by atoms with Gasteiger partial charge < -0.3 is 30.3 Å². The zero-order chi connectivity index (χ0) is 31.3. The van der Waals surface area contributed by atoms with Gasteiger partial charge in [0.25, 0.3) is 0 Å². The molecule has 230 valence electrons. The molecule has 0 aliphatic heterocycles. The summed E-state index contributed by atoms with van der Waals surface area (Å²) in [7, 11) is 1.81. The number of halogens is 1. The van der Waals surface area contributed by atoms with Crippen molar-refractivity contribution in [1.29, 1.82) is 0 Å². The van der Waals surface area contributed by atoms with Crippen molar-refractivity contribution in [3.05, 3.63) is 76.3 Å². The highest BCUT2D eigenvalue weighted by Gasteiger charge is 2.54. The molecule has 0 spiro atoms. The van der Waals surface area contributed by atoms with Gasteiger partial charge in [-0.05, 0) is 68.2 Å². The van der Waals surface area contributed by atoms with Gasteiger partial charge >= 0.3 is 11.9 Å². The zero-order valence-electron chi connectivity index (χ0n) is 23.6. The molecule has 1 aliphatic carbocycles. The van der Waals surface area contributed by atoms with E-state index in [1.165, 1.54) is 22.1 Å². The van der Waals surface area contributed by atoms with Crippen LogP contribution in [0.15, 0.2) is 48.1 Å². The summed E-state index contributed by atoms with van der Waals surface area (Å²) in [4.78, 5) is 39.9. The number of carboxylic acids is 2. The molecule has 0 saturated heterocycles. The number of carbonyl (C=O) groups is 3. The number of carboxylic acid groups (broad SMARTS) is 2. The number of benzene rings is 2. The molecule has 1 aliphatic rings. The van der Waals surface area contributed by atoms with Crippen LogP contribution >= 0.6 is 11.3 Å². The van der Waals surface area contributed by atoms with Gasteiger partial charge in [0.2, 0.25) is 5.91 Å². The molecule has 44 heavy (non-hydrogen) atoms. The lowest BCUT2D eigenvalue weighted by Gasteiger charge is -2.18. The van der Waals surface area contributed by atoms with Crippen molar-refractivity contribution in [1.82, 2.24) is 25.3 Å². The monoisotopic (exact) mass is 624 g/mol. The second kappa shape index (κ2) is 13.2. The summed E-state index contributed by atoms with van der Waals surface area (Å²) in [5.41, 5.74) is 0.372. The summed E-state index contributed by atoms with van der Waals surface area (Å²) >= 11 is 1.29. The Balaban J connectivity index is 1.40. The zero-order valence-corrected chi connectivity index (χ0v) is 24.4. The number of nitrogens with one attached hydrogen (secondary N) is 2. The van der Waals surface area contributed by atoms with E-state index in [0.29, 0.717) is 47.9 Å². The Bertz CT molecular complexity index is 1670. The molecule has 2 aromatic carbocycles. The van der Waals surface area contributed by atoms with Crippen LogP contribution in [0.4, 0.5) is 9.52 Å². The third kappa shape index (κ3) is 7.01. The van der Waals surface area contributed by atoms with E-state index in [-0.39, 0.29) is 37.0 Å². The number of ether oxygens (including phenoxy) is 2. The van der Waals surface area contributed by atoms with Crippen molar-refractivity contribution >= 4 is 34.3 Å². The van der Waals surface area contributed by atoms with Gasteiger partial charge in [-0.15, -0.1) is 16.4 Å². The number of hydrogen-bond acceptors (Lipinski definition) is 10. The smallest absolute Gasteiger partial charge is 0.338 e. The fourth-order valence-electron chi connectivity index (χ4n) is 4.56. The maximum Gasteiger partial charge on any atom is 0.338 e. The molecule has 2 aromatic heterocycles. The highest BCUT2D eigenvalue weighted by molar-refractivity contribution is 7.13. The van der Waals surface area contributed by atoms with Crippen molar-refractivity contribution in [3.63, 3.8) is 0 Å². The second-order valence-corrected chi connectivity index (χ2v) is 11.0. The molecule has 0 radical (unpaired) electrons. The maximum absolute atomic E-state index is 14.5. The first-order chi connectivity index (χ1) is 21.2. The first kappa shape index (κ1) is 30.6. The normalized spacial score (nSPS) is 13.3. The van der Waals surface area contributed by atoms with Crippen LogP contribution in [-0.4, -0.2) is 68.2 Å². The molecule has 1 fully saturated rings. The van der Waals surface area contributed by atoms with Crippen molar-refractivity contribution in [2.24, 2.45) is 0 Å². The lowest BCUT2D eigenvalue weighted by molar-refractivity contribution is -0.140. The summed E-state index contributed by atoms with van der Waals surface area (Å²) in [6.07, 6.45) is 4.75. The van der Waals surface area contributed by atoms with Crippen molar-refractivity contribution < 1.29 is 38.5 Å². The van der Waals surface area contributed by atoms with Crippen LogP contribution in [-0.2, 0) is 34.4 Å². The van der Waals surface area contributed by atoms with Crippen LogP contribution in [0.5, 0.6) is 17.2 Å². The molecule has 1 amide bonds. The van der Waals surface area contributed by atoms with Gasteiger partial charge in [0.05, 0.1) is 24.2 Å². The molecular formula is C29H29FN6O7S. The Kier molecular flexibility index (Phi) is 9.15. The predicted molar refractivity (Wildman–Crippen MR) is 156 cm³/mol. The van der Waals surface area contributed by atoms with E-state index in [1.807, 2.05) is 7.05 Å². The van der Waals surface area contributed by atoms with Crippen LogP contribution in [0, 0.1) is 5.82 Å². The number of hydrogen-bond donors (Lipinski definition) is 4. The quantitative estimate of drug-likeness (QED) is 0.152. The molecule has 0 bridgehead atoms. The molecule has 2 heterocycles. The van der Waals surface area contributed by atoms with Gasteiger partial charge in [-0.25, -0.2) is 18.9 Å². The number of likely N-dealkylation sites (N-methyl/N-ethyl adjacent to an activating group) is 1. The van der Waals surface area contributed by atoms with Gasteiger partial charge in [-0.3, -0.25) is 9.59 Å². The van der Waals surface area contributed by atoms with E-state index < -0.39 is 28.7 Å². The van der Waals surface area contributed by atoms with Crippen molar-refractivity contribution in [2.75, 3.05) is 25.5 Å². The molecule has 0 unspecified atom stereocenters. The standard InChI is InChI=1S/C29H29FN6O7S/c1-31-7-4-17-12-22(42-10-9-36-16-24(34-35-36)29(5-6-29)27(40)41)23(43-19-2-3-20(26(38)39)21(30)15-19)13-18(17)14-25(37)33-28-32-8-11-44-28/h2-3,8,11-13,15-16,31H,4-7,9-10,14H2,1H3,(H,38,39)(H,40,41)(H,32,33,37). The first-order valence-electron chi connectivity index (χ1n) is 13.7. The Labute approximate surface area is 254 Å². The van der Waals surface area contributed by atoms with Gasteiger partial charge in [0.15, 0.2) is 16.6 Å². The Morgan fingerprint density at radius 2 is 1.93 bits per heavy atom. The highest BCUT2D eigenvalue weighted by Crippen LogP contribution is 2.47. The number of thiazole rings is 1. The number of aromatic carboxylic acids is 1. The summed E-state index contributed by atoms with van der Waals surface area (Å²) in [5.74, 6) is -3.09. The number of rotatable bonds is 15. The van der Waals surface area contributed by atoms with E-state index in [0.717, 1.165) is 17.7 Å². The number of aromatic nitrogens is 4. The van der Waals surface area contributed by atoms with Gasteiger partial charge in [-0.2, -0.15) is 0 Å². The number of nitrogens with zero attached hydrogens (tertiary/aromatic N) is 4. The number of aliphatic carboxylic acids is 1. The molecule has 5 rings (SSSR count). The molecule has 4 aromatic rings. The minimum atomic E-state index is -1.41. The first-order valence-corrected chi connectivity index (χ1v) is 14.5. The fourth-order valence-corrected chi connectivity index (χ4v) is 5.10. The number of anilines is 1.